The SMILES string of the molecule is CC(C)(C)OC[C@@H](NC(=O)OCC1c2ccccc2-c2ccccc21)C(=O)CCc1ccc(Cl)c(Cl)c1. The van der Waals surface area contributed by atoms with Gasteiger partial charge in [-0.15, -0.1) is 0 Å². The molecule has 7 heteroatoms. The summed E-state index contributed by atoms with van der Waals surface area (Å²) < 4.78 is 11.5. The number of rotatable bonds is 9. The monoisotopic (exact) mass is 539 g/mol. The molecule has 0 unspecified atom stereocenters. The van der Waals surface area contributed by atoms with Gasteiger partial charge in [-0.25, -0.2) is 4.79 Å². The van der Waals surface area contributed by atoms with Crippen LogP contribution in [-0.2, 0) is 20.7 Å². The Labute approximate surface area is 228 Å². The third-order valence-corrected chi connectivity index (χ3v) is 7.09. The molecular formula is C30H31Cl2NO4. The number of amides is 1. The Bertz CT molecular complexity index is 1240. The number of fused-ring (bicyclic) bond motifs is 3. The zero-order valence-corrected chi connectivity index (χ0v) is 22.7. The number of hydrogen-bond donors (Lipinski definition) is 1. The van der Waals surface area contributed by atoms with Crippen LogP contribution in [0.3, 0.4) is 0 Å². The lowest BCUT2D eigenvalue weighted by Gasteiger charge is -2.24. The number of halogens is 2. The van der Waals surface area contributed by atoms with Gasteiger partial charge in [0.25, 0.3) is 0 Å². The summed E-state index contributed by atoms with van der Waals surface area (Å²) >= 11 is 12.1. The van der Waals surface area contributed by atoms with E-state index >= 15 is 0 Å². The van der Waals surface area contributed by atoms with Crippen LogP contribution in [0.5, 0.6) is 0 Å². The van der Waals surface area contributed by atoms with Crippen molar-refractivity contribution in [3.05, 3.63) is 93.5 Å². The van der Waals surface area contributed by atoms with E-state index in [4.69, 9.17) is 32.7 Å². The van der Waals surface area contributed by atoms with E-state index in [2.05, 4.69) is 29.6 Å². The molecule has 0 radical (unpaired) electrons. The number of alkyl carbamates (subject to hydrolysis) is 1. The molecule has 4 rings (SSSR count). The maximum absolute atomic E-state index is 13.1. The Hall–Kier alpha value is -2.86. The fourth-order valence-electron chi connectivity index (χ4n) is 4.47. The van der Waals surface area contributed by atoms with Gasteiger partial charge in [-0.05, 0) is 67.1 Å². The number of nitrogens with one attached hydrogen (secondary N) is 1. The summed E-state index contributed by atoms with van der Waals surface area (Å²) in [5.74, 6) is -0.211. The first kappa shape index (κ1) is 27.2. The van der Waals surface area contributed by atoms with E-state index < -0.39 is 17.7 Å². The summed E-state index contributed by atoms with van der Waals surface area (Å²) in [7, 11) is 0. The van der Waals surface area contributed by atoms with Crippen molar-refractivity contribution >= 4 is 35.1 Å². The summed E-state index contributed by atoms with van der Waals surface area (Å²) in [6.45, 7) is 5.92. The number of ether oxygens (including phenoxy) is 2. The van der Waals surface area contributed by atoms with Gasteiger partial charge in [0, 0.05) is 12.3 Å². The molecule has 1 atom stereocenters. The topological polar surface area (TPSA) is 64.6 Å². The lowest BCUT2D eigenvalue weighted by atomic mass is 9.98. The number of hydrogen-bond acceptors (Lipinski definition) is 4. The molecule has 194 valence electrons. The first-order valence-electron chi connectivity index (χ1n) is 12.3. The normalized spacial score (nSPS) is 13.5. The second-order valence-electron chi connectivity index (χ2n) is 10.2. The van der Waals surface area contributed by atoms with Crippen LogP contribution < -0.4 is 5.32 Å². The van der Waals surface area contributed by atoms with Crippen LogP contribution in [-0.4, -0.2) is 36.7 Å². The predicted octanol–water partition coefficient (Wildman–Crippen LogP) is 7.22. The average molecular weight is 540 g/mol. The molecule has 1 aliphatic rings. The van der Waals surface area contributed by atoms with Crippen molar-refractivity contribution < 1.29 is 19.1 Å². The van der Waals surface area contributed by atoms with Crippen LogP contribution in [0.4, 0.5) is 4.79 Å². The van der Waals surface area contributed by atoms with Gasteiger partial charge >= 0.3 is 6.09 Å². The van der Waals surface area contributed by atoms with Gasteiger partial charge in [-0.3, -0.25) is 4.79 Å². The van der Waals surface area contributed by atoms with Crippen LogP contribution in [0.25, 0.3) is 11.1 Å². The van der Waals surface area contributed by atoms with Crippen LogP contribution in [0.15, 0.2) is 66.7 Å². The molecule has 0 bridgehead atoms. The number of ketones is 1. The third-order valence-electron chi connectivity index (χ3n) is 6.35. The van der Waals surface area contributed by atoms with Crippen molar-refractivity contribution in [1.82, 2.24) is 5.32 Å². The molecule has 0 aliphatic heterocycles. The van der Waals surface area contributed by atoms with Gasteiger partial charge < -0.3 is 14.8 Å². The molecule has 0 aromatic heterocycles. The van der Waals surface area contributed by atoms with Crippen molar-refractivity contribution in [1.29, 1.82) is 0 Å². The van der Waals surface area contributed by atoms with Crippen LogP contribution in [0.2, 0.25) is 10.0 Å². The van der Waals surface area contributed by atoms with E-state index in [-0.39, 0.29) is 31.3 Å². The largest absolute Gasteiger partial charge is 0.449 e. The maximum atomic E-state index is 13.1. The molecule has 1 amide bonds. The summed E-state index contributed by atoms with van der Waals surface area (Å²) in [4.78, 5) is 25.9. The third kappa shape index (κ3) is 6.92. The fraction of sp³-hybridized carbons (Fsp3) is 0.333. The number of carbonyl (C=O) groups is 2. The highest BCUT2D eigenvalue weighted by Crippen LogP contribution is 2.44. The summed E-state index contributed by atoms with van der Waals surface area (Å²) in [5, 5.41) is 3.64. The van der Waals surface area contributed by atoms with Gasteiger partial charge in [0.05, 0.1) is 22.3 Å². The highest BCUT2D eigenvalue weighted by molar-refractivity contribution is 6.42. The van der Waals surface area contributed by atoms with E-state index in [0.717, 1.165) is 27.8 Å². The summed E-state index contributed by atoms with van der Waals surface area (Å²) in [6, 6.07) is 20.7. The molecule has 0 fully saturated rings. The molecule has 3 aromatic rings. The van der Waals surface area contributed by atoms with E-state index in [9.17, 15) is 9.59 Å². The van der Waals surface area contributed by atoms with Crippen molar-refractivity contribution in [2.75, 3.05) is 13.2 Å². The van der Waals surface area contributed by atoms with Crippen molar-refractivity contribution in [2.24, 2.45) is 0 Å². The zero-order valence-electron chi connectivity index (χ0n) is 21.2. The van der Waals surface area contributed by atoms with Crippen LogP contribution in [0.1, 0.15) is 49.8 Å². The minimum atomic E-state index is -0.836. The molecule has 0 saturated carbocycles. The van der Waals surface area contributed by atoms with Crippen molar-refractivity contribution in [3.63, 3.8) is 0 Å². The Kier molecular flexibility index (Phi) is 8.58. The van der Waals surface area contributed by atoms with E-state index in [1.165, 1.54) is 0 Å². The lowest BCUT2D eigenvalue weighted by Crippen LogP contribution is -2.46. The second-order valence-corrected chi connectivity index (χ2v) is 11.0. The molecule has 5 nitrogen and oxygen atoms in total. The van der Waals surface area contributed by atoms with E-state index in [0.29, 0.717) is 16.5 Å². The molecule has 0 spiro atoms. The molecular weight excluding hydrogens is 509 g/mol. The van der Waals surface area contributed by atoms with Crippen LogP contribution >= 0.6 is 23.2 Å². The Morgan fingerprint density at radius 3 is 2.14 bits per heavy atom. The molecule has 37 heavy (non-hydrogen) atoms. The minimum absolute atomic E-state index is 0.0495. The number of Topliss-reactive ketones (excluding diaryl/α,β-unsaturated/α-hetero) is 1. The fourth-order valence-corrected chi connectivity index (χ4v) is 4.79. The highest BCUT2D eigenvalue weighted by Gasteiger charge is 2.30. The van der Waals surface area contributed by atoms with E-state index in [1.807, 2.05) is 51.1 Å². The molecule has 1 N–H and O–H groups in total. The molecule has 1 aliphatic carbocycles. The number of benzene rings is 3. The molecule has 3 aromatic carbocycles. The first-order chi connectivity index (χ1) is 17.6. The predicted molar refractivity (Wildman–Crippen MR) is 147 cm³/mol. The molecule has 0 heterocycles. The van der Waals surface area contributed by atoms with Gasteiger partial charge in [0.1, 0.15) is 12.6 Å². The Balaban J connectivity index is 1.40. The summed E-state index contributed by atoms with van der Waals surface area (Å²) in [5.41, 5.74) is 4.98. The van der Waals surface area contributed by atoms with Crippen molar-refractivity contribution in [2.45, 2.75) is 51.2 Å². The number of aryl methyl sites for hydroxylation is 1. The quantitative estimate of drug-likeness (QED) is 0.311. The smallest absolute Gasteiger partial charge is 0.407 e. The lowest BCUT2D eigenvalue weighted by molar-refractivity contribution is -0.124. The molecule has 0 saturated heterocycles. The standard InChI is InChI=1S/C30H31Cl2NO4/c1-30(2,3)37-18-27(28(34)15-13-19-12-14-25(31)26(32)16-19)33-29(35)36-17-24-22-10-6-4-8-20(22)21-9-5-7-11-23(21)24/h4-12,14,16,24,27H,13,15,17-18H2,1-3H3,(H,33,35)/t27-/m1/s1. The zero-order chi connectivity index (χ0) is 26.6. The highest BCUT2D eigenvalue weighted by atomic mass is 35.5. The number of carbonyl (C=O) groups excluding carboxylic acids is 2. The first-order valence-corrected chi connectivity index (χ1v) is 13.1. The van der Waals surface area contributed by atoms with Gasteiger partial charge in [-0.1, -0.05) is 77.8 Å². The Morgan fingerprint density at radius 1 is 0.919 bits per heavy atom. The van der Waals surface area contributed by atoms with Gasteiger partial charge in [0.2, 0.25) is 0 Å². The van der Waals surface area contributed by atoms with Crippen LogP contribution in [0, 0.1) is 0 Å². The summed E-state index contributed by atoms with van der Waals surface area (Å²) in [6.07, 6.45) is 0.0284. The second kappa shape index (κ2) is 11.7. The Morgan fingerprint density at radius 2 is 1.54 bits per heavy atom. The maximum Gasteiger partial charge on any atom is 0.407 e. The minimum Gasteiger partial charge on any atom is -0.449 e. The van der Waals surface area contributed by atoms with E-state index in [1.54, 1.807) is 12.1 Å². The van der Waals surface area contributed by atoms with Crippen molar-refractivity contribution in [3.8, 4) is 11.1 Å². The van der Waals surface area contributed by atoms with Gasteiger partial charge in [0.15, 0.2) is 5.78 Å². The van der Waals surface area contributed by atoms with Gasteiger partial charge in [-0.2, -0.15) is 0 Å². The average Bonchev–Trinajstić information content (AvgIpc) is 3.19.